The number of oxazole rings is 1. The van der Waals surface area contributed by atoms with Gasteiger partial charge in [-0.3, -0.25) is 0 Å². The Labute approximate surface area is 77.7 Å². The van der Waals surface area contributed by atoms with Crippen LogP contribution in [0.2, 0.25) is 0 Å². The fourth-order valence-corrected chi connectivity index (χ4v) is 1.44. The van der Waals surface area contributed by atoms with Crippen molar-refractivity contribution in [3.63, 3.8) is 0 Å². The third kappa shape index (κ3) is 1.83. The highest BCUT2D eigenvalue weighted by Crippen LogP contribution is 2.30. The van der Waals surface area contributed by atoms with Gasteiger partial charge in [-0.05, 0) is 19.8 Å². The topological polar surface area (TPSA) is 55.3 Å². The Morgan fingerprint density at radius 3 is 2.92 bits per heavy atom. The Morgan fingerprint density at radius 1 is 1.69 bits per heavy atom. The molecular formula is C9H15N3O. The molecule has 0 aliphatic heterocycles. The summed E-state index contributed by atoms with van der Waals surface area (Å²) in [6, 6.07) is 1.34. The van der Waals surface area contributed by atoms with Crippen LogP contribution in [0.4, 0.5) is 6.01 Å². The maximum Gasteiger partial charge on any atom is 0.297 e. The summed E-state index contributed by atoms with van der Waals surface area (Å²) in [5, 5.41) is 0. The first-order valence-electron chi connectivity index (χ1n) is 4.70. The van der Waals surface area contributed by atoms with E-state index in [9.17, 15) is 0 Å². The Morgan fingerprint density at radius 2 is 2.46 bits per heavy atom. The summed E-state index contributed by atoms with van der Waals surface area (Å²) in [4.78, 5) is 6.36. The van der Waals surface area contributed by atoms with Crippen molar-refractivity contribution in [3.05, 3.63) is 12.0 Å². The Kier molecular flexibility index (Phi) is 2.22. The van der Waals surface area contributed by atoms with Gasteiger partial charge in [0.05, 0.1) is 6.20 Å². The van der Waals surface area contributed by atoms with Gasteiger partial charge in [0.1, 0.15) is 5.76 Å². The number of hydrogen-bond acceptors (Lipinski definition) is 4. The molecule has 1 aliphatic carbocycles. The highest BCUT2D eigenvalue weighted by Gasteiger charge is 2.31. The molecule has 2 N–H and O–H groups in total. The molecule has 0 aromatic carbocycles. The van der Waals surface area contributed by atoms with Crippen molar-refractivity contribution in [3.8, 4) is 0 Å². The van der Waals surface area contributed by atoms with Gasteiger partial charge in [0, 0.05) is 19.1 Å². The molecule has 1 fully saturated rings. The zero-order chi connectivity index (χ0) is 9.26. The Hall–Kier alpha value is -1.03. The van der Waals surface area contributed by atoms with E-state index in [1.54, 1.807) is 6.20 Å². The number of aromatic nitrogens is 1. The lowest BCUT2D eigenvalue weighted by Gasteiger charge is -2.18. The molecule has 0 atom stereocenters. The maximum atomic E-state index is 5.53. The maximum absolute atomic E-state index is 5.53. The van der Waals surface area contributed by atoms with Crippen LogP contribution in [-0.4, -0.2) is 24.1 Å². The third-order valence-electron chi connectivity index (χ3n) is 2.21. The average molecular weight is 181 g/mol. The molecule has 0 amide bonds. The number of anilines is 1. The lowest BCUT2D eigenvalue weighted by molar-refractivity contribution is 0.507. The van der Waals surface area contributed by atoms with E-state index in [0.717, 1.165) is 18.3 Å². The minimum Gasteiger partial charge on any atom is -0.429 e. The minimum atomic E-state index is 0.613. The number of hydrogen-bond donors (Lipinski definition) is 1. The van der Waals surface area contributed by atoms with E-state index in [1.165, 1.54) is 12.8 Å². The standard InChI is InChI=1S/C9H15N3O/c1-7-6-11-9(13-7)12(5-4-10)8-2-3-8/h6,8H,2-5,10H2,1H3. The van der Waals surface area contributed by atoms with Crippen LogP contribution >= 0.6 is 0 Å². The number of rotatable bonds is 4. The van der Waals surface area contributed by atoms with Gasteiger partial charge in [0.15, 0.2) is 0 Å². The van der Waals surface area contributed by atoms with Gasteiger partial charge < -0.3 is 15.1 Å². The predicted octanol–water partition coefficient (Wildman–Crippen LogP) is 0.911. The average Bonchev–Trinajstić information content (AvgIpc) is 2.85. The van der Waals surface area contributed by atoms with Crippen molar-refractivity contribution < 1.29 is 4.42 Å². The molecule has 1 aromatic heterocycles. The first-order chi connectivity index (χ1) is 6.31. The van der Waals surface area contributed by atoms with Crippen LogP contribution in [0.1, 0.15) is 18.6 Å². The van der Waals surface area contributed by atoms with Crippen LogP contribution in [-0.2, 0) is 0 Å². The predicted molar refractivity (Wildman–Crippen MR) is 50.7 cm³/mol. The summed E-state index contributed by atoms with van der Waals surface area (Å²) < 4.78 is 5.46. The van der Waals surface area contributed by atoms with Crippen LogP contribution in [0.5, 0.6) is 0 Å². The van der Waals surface area contributed by atoms with E-state index in [4.69, 9.17) is 10.2 Å². The molecule has 0 spiro atoms. The fraction of sp³-hybridized carbons (Fsp3) is 0.667. The fourth-order valence-electron chi connectivity index (χ4n) is 1.44. The molecule has 4 heteroatoms. The summed E-state index contributed by atoms with van der Waals surface area (Å²) in [5.74, 6) is 0.859. The summed E-state index contributed by atoms with van der Waals surface area (Å²) in [5.41, 5.74) is 5.53. The second-order valence-corrected chi connectivity index (χ2v) is 3.47. The van der Waals surface area contributed by atoms with Crippen molar-refractivity contribution in [1.82, 2.24) is 4.98 Å². The van der Waals surface area contributed by atoms with E-state index < -0.39 is 0 Å². The number of nitrogens with zero attached hydrogens (tertiary/aromatic N) is 2. The van der Waals surface area contributed by atoms with Gasteiger partial charge in [-0.2, -0.15) is 0 Å². The van der Waals surface area contributed by atoms with Crippen molar-refractivity contribution in [2.45, 2.75) is 25.8 Å². The zero-order valence-electron chi connectivity index (χ0n) is 7.86. The Balaban J connectivity index is 2.10. The molecule has 0 saturated heterocycles. The lowest BCUT2D eigenvalue weighted by Crippen LogP contribution is -2.31. The summed E-state index contributed by atoms with van der Waals surface area (Å²) >= 11 is 0. The molecule has 4 nitrogen and oxygen atoms in total. The van der Waals surface area contributed by atoms with Crippen molar-refractivity contribution in [1.29, 1.82) is 0 Å². The molecule has 0 unspecified atom stereocenters. The van der Waals surface area contributed by atoms with Crippen molar-refractivity contribution in [2.75, 3.05) is 18.0 Å². The van der Waals surface area contributed by atoms with Crippen LogP contribution in [0.25, 0.3) is 0 Å². The first kappa shape index (κ1) is 8.56. The van der Waals surface area contributed by atoms with E-state index >= 15 is 0 Å². The Bertz CT molecular complexity index is 280. The molecule has 72 valence electrons. The van der Waals surface area contributed by atoms with Crippen molar-refractivity contribution in [2.24, 2.45) is 5.73 Å². The zero-order valence-corrected chi connectivity index (χ0v) is 7.86. The molecule has 1 saturated carbocycles. The second-order valence-electron chi connectivity index (χ2n) is 3.47. The number of aryl methyl sites for hydroxylation is 1. The molecular weight excluding hydrogens is 166 g/mol. The highest BCUT2D eigenvalue weighted by atomic mass is 16.4. The molecule has 2 rings (SSSR count). The van der Waals surface area contributed by atoms with Crippen LogP contribution in [0.15, 0.2) is 10.6 Å². The van der Waals surface area contributed by atoms with Gasteiger partial charge >= 0.3 is 0 Å². The van der Waals surface area contributed by atoms with Crippen LogP contribution in [0, 0.1) is 6.92 Å². The molecule has 1 aromatic rings. The SMILES string of the molecule is Cc1cnc(N(CCN)C2CC2)o1. The van der Waals surface area contributed by atoms with Gasteiger partial charge in [0.2, 0.25) is 0 Å². The minimum absolute atomic E-state index is 0.613. The van der Waals surface area contributed by atoms with E-state index in [0.29, 0.717) is 12.6 Å². The smallest absolute Gasteiger partial charge is 0.297 e. The lowest BCUT2D eigenvalue weighted by atomic mass is 10.5. The molecule has 1 heterocycles. The normalized spacial score (nSPS) is 16.2. The summed E-state index contributed by atoms with van der Waals surface area (Å²) in [6.07, 6.45) is 4.23. The molecule has 0 radical (unpaired) electrons. The van der Waals surface area contributed by atoms with Gasteiger partial charge in [-0.15, -0.1) is 0 Å². The monoisotopic (exact) mass is 181 g/mol. The molecule has 0 bridgehead atoms. The highest BCUT2D eigenvalue weighted by molar-refractivity contribution is 5.31. The molecule has 1 aliphatic rings. The second kappa shape index (κ2) is 3.38. The van der Waals surface area contributed by atoms with Crippen LogP contribution in [0.3, 0.4) is 0 Å². The van der Waals surface area contributed by atoms with E-state index in [1.807, 2.05) is 6.92 Å². The van der Waals surface area contributed by atoms with E-state index in [2.05, 4.69) is 9.88 Å². The number of nitrogens with two attached hydrogens (primary N) is 1. The van der Waals surface area contributed by atoms with Crippen molar-refractivity contribution >= 4 is 6.01 Å². The first-order valence-corrected chi connectivity index (χ1v) is 4.70. The van der Waals surface area contributed by atoms with Crippen LogP contribution < -0.4 is 10.6 Å². The van der Waals surface area contributed by atoms with E-state index in [-0.39, 0.29) is 0 Å². The largest absolute Gasteiger partial charge is 0.429 e. The quantitative estimate of drug-likeness (QED) is 0.750. The van der Waals surface area contributed by atoms with Gasteiger partial charge in [0.25, 0.3) is 6.01 Å². The van der Waals surface area contributed by atoms with Gasteiger partial charge in [-0.1, -0.05) is 0 Å². The third-order valence-corrected chi connectivity index (χ3v) is 2.21. The summed E-state index contributed by atoms with van der Waals surface area (Å²) in [7, 11) is 0. The van der Waals surface area contributed by atoms with Gasteiger partial charge in [-0.25, -0.2) is 4.98 Å². The molecule has 13 heavy (non-hydrogen) atoms. The summed E-state index contributed by atoms with van der Waals surface area (Å²) in [6.45, 7) is 3.40.